The van der Waals surface area contributed by atoms with Crippen molar-refractivity contribution in [1.82, 2.24) is 10.2 Å². The molecule has 1 aliphatic rings. The van der Waals surface area contributed by atoms with Crippen molar-refractivity contribution in [2.24, 2.45) is 0 Å². The van der Waals surface area contributed by atoms with E-state index in [2.05, 4.69) is 73.5 Å². The van der Waals surface area contributed by atoms with E-state index in [1.807, 2.05) is 11.2 Å². The zero-order valence-corrected chi connectivity index (χ0v) is 13.1. The molecule has 0 bridgehead atoms. The summed E-state index contributed by atoms with van der Waals surface area (Å²) in [5, 5.41) is 4.14. The Morgan fingerprint density at radius 1 is 1.10 bits per heavy atom. The number of benzene rings is 1. The van der Waals surface area contributed by atoms with Gasteiger partial charge >= 0.3 is 0 Å². The maximum absolute atomic E-state index is 5.63. The summed E-state index contributed by atoms with van der Waals surface area (Å²) in [6, 6.07) is 10.5. The zero-order chi connectivity index (χ0) is 15.1. The summed E-state index contributed by atoms with van der Waals surface area (Å²) in [5.41, 5.74) is 2.42. The molecule has 21 heavy (non-hydrogen) atoms. The highest BCUT2D eigenvalue weighted by atomic mass is 16.7. The molecule has 0 spiro atoms. The molecule has 0 radical (unpaired) electrons. The first-order valence-corrected chi connectivity index (χ1v) is 7.49. The molecular weight excluding hydrogens is 260 g/mol. The Hall–Kier alpha value is -1.68. The van der Waals surface area contributed by atoms with Gasteiger partial charge in [-0.15, -0.1) is 5.17 Å². The van der Waals surface area contributed by atoms with Gasteiger partial charge in [-0.25, -0.2) is 5.01 Å². The molecule has 1 aromatic rings. The lowest BCUT2D eigenvalue weighted by atomic mass is 9.99. The van der Waals surface area contributed by atoms with E-state index >= 15 is 0 Å². The van der Waals surface area contributed by atoms with Gasteiger partial charge in [-0.1, -0.05) is 68.5 Å². The van der Waals surface area contributed by atoms with Crippen LogP contribution in [0.4, 0.5) is 0 Å². The van der Waals surface area contributed by atoms with Crippen LogP contribution in [0, 0.1) is 0 Å². The third-order valence-electron chi connectivity index (χ3n) is 3.60. The summed E-state index contributed by atoms with van der Waals surface area (Å²) >= 11 is 0. The SMILES string of the molecule is CCN(CC)N(OC)C1C=CC=CC1=Cc1ccccc1. The van der Waals surface area contributed by atoms with E-state index < -0.39 is 0 Å². The summed E-state index contributed by atoms with van der Waals surface area (Å²) < 4.78 is 0. The second-order valence-corrected chi connectivity index (χ2v) is 4.87. The number of hydrazine groups is 1. The Labute approximate surface area is 127 Å². The minimum absolute atomic E-state index is 0.0973. The monoisotopic (exact) mass is 284 g/mol. The van der Waals surface area contributed by atoms with Crippen molar-refractivity contribution in [3.8, 4) is 0 Å². The summed E-state index contributed by atoms with van der Waals surface area (Å²) in [6.45, 7) is 6.10. The Balaban J connectivity index is 2.29. The highest BCUT2D eigenvalue weighted by molar-refractivity contribution is 5.59. The lowest BCUT2D eigenvalue weighted by molar-refractivity contribution is -0.274. The minimum Gasteiger partial charge on any atom is -0.286 e. The van der Waals surface area contributed by atoms with Crippen LogP contribution in [-0.2, 0) is 4.84 Å². The van der Waals surface area contributed by atoms with Crippen LogP contribution in [0.1, 0.15) is 19.4 Å². The molecule has 3 heteroatoms. The van der Waals surface area contributed by atoms with Crippen molar-refractivity contribution in [1.29, 1.82) is 0 Å². The summed E-state index contributed by atoms with van der Waals surface area (Å²) in [4.78, 5) is 5.63. The molecule has 1 aliphatic carbocycles. The van der Waals surface area contributed by atoms with Crippen LogP contribution in [0.25, 0.3) is 6.08 Å². The van der Waals surface area contributed by atoms with E-state index in [0.29, 0.717) is 0 Å². The Morgan fingerprint density at radius 2 is 1.81 bits per heavy atom. The number of hydrogen-bond acceptors (Lipinski definition) is 3. The van der Waals surface area contributed by atoms with Gasteiger partial charge in [-0.05, 0) is 17.2 Å². The first-order chi connectivity index (χ1) is 10.3. The molecule has 0 heterocycles. The van der Waals surface area contributed by atoms with E-state index in [1.54, 1.807) is 7.11 Å². The molecule has 0 fully saturated rings. The normalized spacial score (nSPS) is 19.9. The molecular formula is C18H24N2O. The van der Waals surface area contributed by atoms with Crippen LogP contribution < -0.4 is 0 Å². The van der Waals surface area contributed by atoms with Gasteiger partial charge < -0.3 is 0 Å². The first-order valence-electron chi connectivity index (χ1n) is 7.49. The van der Waals surface area contributed by atoms with Gasteiger partial charge in [0.15, 0.2) is 0 Å². The fourth-order valence-corrected chi connectivity index (χ4v) is 2.53. The molecule has 1 aromatic carbocycles. The second kappa shape index (κ2) is 7.93. The van der Waals surface area contributed by atoms with E-state index in [0.717, 1.165) is 13.1 Å². The van der Waals surface area contributed by atoms with Crippen LogP contribution in [-0.4, -0.2) is 36.4 Å². The molecule has 0 amide bonds. The topological polar surface area (TPSA) is 15.7 Å². The highest BCUT2D eigenvalue weighted by Crippen LogP contribution is 2.22. The van der Waals surface area contributed by atoms with Crippen LogP contribution >= 0.6 is 0 Å². The molecule has 112 valence electrons. The van der Waals surface area contributed by atoms with E-state index in [-0.39, 0.29) is 6.04 Å². The lowest BCUT2D eigenvalue weighted by Crippen LogP contribution is -2.48. The third-order valence-corrected chi connectivity index (χ3v) is 3.60. The summed E-state index contributed by atoms with van der Waals surface area (Å²) in [5.74, 6) is 0. The maximum Gasteiger partial charge on any atom is 0.0948 e. The lowest BCUT2D eigenvalue weighted by Gasteiger charge is -2.37. The predicted octanol–water partition coefficient (Wildman–Crippen LogP) is 3.68. The molecule has 2 rings (SSSR count). The molecule has 1 unspecified atom stereocenters. The summed E-state index contributed by atoms with van der Waals surface area (Å²) in [6.07, 6.45) is 10.7. The van der Waals surface area contributed by atoms with Crippen LogP contribution in [0.2, 0.25) is 0 Å². The first kappa shape index (κ1) is 15.7. The zero-order valence-electron chi connectivity index (χ0n) is 13.1. The molecule has 3 nitrogen and oxygen atoms in total. The maximum atomic E-state index is 5.63. The van der Waals surface area contributed by atoms with Crippen LogP contribution in [0.3, 0.4) is 0 Å². The smallest absolute Gasteiger partial charge is 0.0948 e. The van der Waals surface area contributed by atoms with Gasteiger partial charge in [0, 0.05) is 13.1 Å². The van der Waals surface area contributed by atoms with Gasteiger partial charge in [0.1, 0.15) is 0 Å². The highest BCUT2D eigenvalue weighted by Gasteiger charge is 2.24. The van der Waals surface area contributed by atoms with Crippen molar-refractivity contribution in [3.05, 3.63) is 65.8 Å². The number of hydroxylamine groups is 1. The number of hydrogen-bond donors (Lipinski definition) is 0. The van der Waals surface area contributed by atoms with Crippen molar-refractivity contribution in [2.45, 2.75) is 19.9 Å². The quantitative estimate of drug-likeness (QED) is 0.741. The standard InChI is InChI=1S/C18H24N2O/c1-4-19(5-2)20(21-3)18-14-10-9-13-17(18)15-16-11-7-6-8-12-16/h6-15,18H,4-5H2,1-3H3. The van der Waals surface area contributed by atoms with Crippen molar-refractivity contribution in [2.75, 3.05) is 20.2 Å². The van der Waals surface area contributed by atoms with Gasteiger partial charge in [0.2, 0.25) is 0 Å². The van der Waals surface area contributed by atoms with Crippen molar-refractivity contribution < 1.29 is 4.84 Å². The van der Waals surface area contributed by atoms with Crippen molar-refractivity contribution >= 4 is 6.08 Å². The van der Waals surface area contributed by atoms with Crippen LogP contribution in [0.15, 0.2) is 60.2 Å². The second-order valence-electron chi connectivity index (χ2n) is 4.87. The fourth-order valence-electron chi connectivity index (χ4n) is 2.53. The van der Waals surface area contributed by atoms with Crippen LogP contribution in [0.5, 0.6) is 0 Å². The third kappa shape index (κ3) is 3.91. The number of rotatable bonds is 6. The average molecular weight is 284 g/mol. The number of nitrogens with zero attached hydrogens (tertiary/aromatic N) is 2. The molecule has 0 N–H and O–H groups in total. The number of allylic oxidation sites excluding steroid dienone is 2. The molecule has 0 aromatic heterocycles. The van der Waals surface area contributed by atoms with E-state index in [1.165, 1.54) is 11.1 Å². The van der Waals surface area contributed by atoms with Crippen molar-refractivity contribution in [3.63, 3.8) is 0 Å². The molecule has 0 saturated carbocycles. The van der Waals surface area contributed by atoms with Gasteiger partial charge in [0.05, 0.1) is 13.2 Å². The predicted molar refractivity (Wildman–Crippen MR) is 88.3 cm³/mol. The largest absolute Gasteiger partial charge is 0.286 e. The van der Waals surface area contributed by atoms with E-state index in [9.17, 15) is 0 Å². The Kier molecular flexibility index (Phi) is 5.93. The minimum atomic E-state index is 0.0973. The van der Waals surface area contributed by atoms with Gasteiger partial charge in [-0.3, -0.25) is 4.84 Å². The molecule has 0 saturated heterocycles. The summed E-state index contributed by atoms with van der Waals surface area (Å²) in [7, 11) is 1.73. The molecule has 1 atom stereocenters. The Bertz CT molecular complexity index is 515. The average Bonchev–Trinajstić information content (AvgIpc) is 2.54. The Morgan fingerprint density at radius 3 is 2.43 bits per heavy atom. The van der Waals surface area contributed by atoms with Gasteiger partial charge in [-0.2, -0.15) is 0 Å². The fraction of sp³-hybridized carbons (Fsp3) is 0.333. The van der Waals surface area contributed by atoms with Gasteiger partial charge in [0.25, 0.3) is 0 Å². The molecule has 0 aliphatic heterocycles. The van der Waals surface area contributed by atoms with E-state index in [4.69, 9.17) is 4.84 Å².